The third-order valence-electron chi connectivity index (χ3n) is 0.851. The molecule has 0 bridgehead atoms. The lowest BCUT2D eigenvalue weighted by Gasteiger charge is -1.74. The highest BCUT2D eigenvalue weighted by atomic mass is 32.1. The van der Waals surface area contributed by atoms with Crippen LogP contribution in [0.4, 0.5) is 0 Å². The highest BCUT2D eigenvalue weighted by Crippen LogP contribution is 2.08. The Morgan fingerprint density at radius 2 is 2.20 bits per heavy atom. The van der Waals surface area contributed by atoms with E-state index in [-0.39, 0.29) is 0 Å². The van der Waals surface area contributed by atoms with Crippen LogP contribution in [0.1, 0.15) is 24.4 Å². The van der Waals surface area contributed by atoms with Gasteiger partial charge in [-0.15, -0.1) is 11.3 Å². The topological polar surface area (TPSA) is 36.7 Å². The standard InChI is InChI=1S/C5H4N2S.C2H6/c1-4-5(2-6)7-3-8-4;1-2/h3H,1H3;1-2H3. The van der Waals surface area contributed by atoms with Gasteiger partial charge in [-0.2, -0.15) is 5.26 Å². The number of nitriles is 1. The number of aryl methyl sites for hydroxylation is 1. The van der Waals surface area contributed by atoms with E-state index in [9.17, 15) is 0 Å². The Bertz CT molecular complexity index is 222. The summed E-state index contributed by atoms with van der Waals surface area (Å²) in [5.74, 6) is 0. The Morgan fingerprint density at radius 3 is 2.40 bits per heavy atom. The highest BCUT2D eigenvalue weighted by molar-refractivity contribution is 7.09. The third-order valence-corrected chi connectivity index (χ3v) is 1.61. The molecule has 2 nitrogen and oxygen atoms in total. The van der Waals surface area contributed by atoms with Crippen molar-refractivity contribution in [1.82, 2.24) is 4.98 Å². The van der Waals surface area contributed by atoms with Gasteiger partial charge < -0.3 is 0 Å². The average Bonchev–Trinajstić information content (AvgIpc) is 2.39. The van der Waals surface area contributed by atoms with Crippen molar-refractivity contribution in [2.45, 2.75) is 20.8 Å². The minimum atomic E-state index is 0.551. The van der Waals surface area contributed by atoms with Crippen LogP contribution in [-0.2, 0) is 0 Å². The fraction of sp³-hybridized carbons (Fsp3) is 0.429. The monoisotopic (exact) mass is 154 g/mol. The molecule has 3 heteroatoms. The zero-order chi connectivity index (χ0) is 7.98. The SMILES string of the molecule is CC.Cc1scnc1C#N. The Kier molecular flexibility index (Phi) is 4.51. The first-order valence-corrected chi connectivity index (χ1v) is 4.02. The van der Waals surface area contributed by atoms with E-state index in [2.05, 4.69) is 4.98 Å². The van der Waals surface area contributed by atoms with E-state index in [4.69, 9.17) is 5.26 Å². The third kappa shape index (κ3) is 2.16. The Hall–Kier alpha value is -0.880. The van der Waals surface area contributed by atoms with Crippen LogP contribution >= 0.6 is 11.3 Å². The van der Waals surface area contributed by atoms with Gasteiger partial charge >= 0.3 is 0 Å². The van der Waals surface area contributed by atoms with Crippen LogP contribution in [0.3, 0.4) is 0 Å². The van der Waals surface area contributed by atoms with Crippen LogP contribution in [0, 0.1) is 18.3 Å². The number of hydrogen-bond acceptors (Lipinski definition) is 3. The van der Waals surface area contributed by atoms with Crippen LogP contribution < -0.4 is 0 Å². The van der Waals surface area contributed by atoms with Gasteiger partial charge in [-0.25, -0.2) is 4.98 Å². The van der Waals surface area contributed by atoms with Crippen molar-refractivity contribution in [3.05, 3.63) is 16.1 Å². The maximum absolute atomic E-state index is 8.30. The molecule has 0 aliphatic carbocycles. The minimum Gasteiger partial charge on any atom is -0.234 e. The summed E-state index contributed by atoms with van der Waals surface area (Å²) in [5.41, 5.74) is 2.23. The van der Waals surface area contributed by atoms with Crippen molar-refractivity contribution in [3.8, 4) is 6.07 Å². The molecule has 0 radical (unpaired) electrons. The van der Waals surface area contributed by atoms with E-state index in [0.717, 1.165) is 4.88 Å². The second-order valence-electron chi connectivity index (χ2n) is 1.37. The van der Waals surface area contributed by atoms with Crippen molar-refractivity contribution >= 4 is 11.3 Å². The zero-order valence-electron chi connectivity index (χ0n) is 6.38. The lowest BCUT2D eigenvalue weighted by molar-refractivity contribution is 1.30. The summed E-state index contributed by atoms with van der Waals surface area (Å²) in [4.78, 5) is 4.78. The van der Waals surface area contributed by atoms with Gasteiger partial charge in [0.25, 0.3) is 0 Å². The van der Waals surface area contributed by atoms with Gasteiger partial charge in [0.2, 0.25) is 0 Å². The summed E-state index contributed by atoms with van der Waals surface area (Å²) in [6, 6.07) is 1.97. The molecular weight excluding hydrogens is 144 g/mol. The van der Waals surface area contributed by atoms with E-state index in [1.807, 2.05) is 26.8 Å². The van der Waals surface area contributed by atoms with E-state index in [1.54, 1.807) is 5.51 Å². The van der Waals surface area contributed by atoms with Gasteiger partial charge in [-0.1, -0.05) is 13.8 Å². The van der Waals surface area contributed by atoms with Crippen LogP contribution in [-0.4, -0.2) is 4.98 Å². The molecule has 54 valence electrons. The number of nitrogens with zero attached hydrogens (tertiary/aromatic N) is 2. The van der Waals surface area contributed by atoms with Gasteiger partial charge in [0.1, 0.15) is 6.07 Å². The van der Waals surface area contributed by atoms with Crippen LogP contribution in [0.5, 0.6) is 0 Å². The van der Waals surface area contributed by atoms with Gasteiger partial charge in [0.05, 0.1) is 5.51 Å². The van der Waals surface area contributed by atoms with Crippen molar-refractivity contribution in [3.63, 3.8) is 0 Å². The summed E-state index contributed by atoms with van der Waals surface area (Å²) in [7, 11) is 0. The molecule has 0 fully saturated rings. The maximum Gasteiger partial charge on any atom is 0.154 e. The number of aromatic nitrogens is 1. The Balaban J connectivity index is 0.000000371. The lowest BCUT2D eigenvalue weighted by atomic mass is 10.4. The molecule has 10 heavy (non-hydrogen) atoms. The quantitative estimate of drug-likeness (QED) is 0.575. The average molecular weight is 154 g/mol. The molecule has 0 aliphatic rings. The number of hydrogen-bond donors (Lipinski definition) is 0. The normalized spacial score (nSPS) is 7.40. The van der Waals surface area contributed by atoms with Crippen LogP contribution in [0.15, 0.2) is 5.51 Å². The molecule has 1 rings (SSSR count). The van der Waals surface area contributed by atoms with Crippen LogP contribution in [0.2, 0.25) is 0 Å². The van der Waals surface area contributed by atoms with Crippen molar-refractivity contribution in [2.75, 3.05) is 0 Å². The van der Waals surface area contributed by atoms with Crippen molar-refractivity contribution in [1.29, 1.82) is 5.26 Å². The maximum atomic E-state index is 8.30. The zero-order valence-corrected chi connectivity index (χ0v) is 7.20. The fourth-order valence-corrected chi connectivity index (χ4v) is 0.939. The lowest BCUT2D eigenvalue weighted by Crippen LogP contribution is -1.72. The summed E-state index contributed by atoms with van der Waals surface area (Å²) < 4.78 is 0. The molecular formula is C7H10N2S. The smallest absolute Gasteiger partial charge is 0.154 e. The van der Waals surface area contributed by atoms with E-state index in [0.29, 0.717) is 5.69 Å². The molecule has 0 atom stereocenters. The second kappa shape index (κ2) is 4.95. The highest BCUT2D eigenvalue weighted by Gasteiger charge is 1.95. The van der Waals surface area contributed by atoms with Crippen LogP contribution in [0.25, 0.3) is 0 Å². The van der Waals surface area contributed by atoms with Gasteiger partial charge in [-0.05, 0) is 6.92 Å². The van der Waals surface area contributed by atoms with Gasteiger partial charge in [0.15, 0.2) is 5.69 Å². The Morgan fingerprint density at radius 1 is 1.60 bits per heavy atom. The molecule has 0 amide bonds. The molecule has 1 aromatic rings. The summed E-state index contributed by atoms with van der Waals surface area (Å²) in [6.45, 7) is 5.89. The minimum absolute atomic E-state index is 0.551. The summed E-state index contributed by atoms with van der Waals surface area (Å²) in [5, 5.41) is 8.30. The first-order valence-electron chi connectivity index (χ1n) is 3.15. The molecule has 0 unspecified atom stereocenters. The first kappa shape index (κ1) is 9.12. The summed E-state index contributed by atoms with van der Waals surface area (Å²) in [6.07, 6.45) is 0. The molecule has 0 aliphatic heterocycles. The van der Waals surface area contributed by atoms with Crippen molar-refractivity contribution < 1.29 is 0 Å². The van der Waals surface area contributed by atoms with E-state index in [1.165, 1.54) is 11.3 Å². The largest absolute Gasteiger partial charge is 0.234 e. The van der Waals surface area contributed by atoms with Gasteiger partial charge in [-0.3, -0.25) is 0 Å². The van der Waals surface area contributed by atoms with E-state index < -0.39 is 0 Å². The molecule has 1 aromatic heterocycles. The first-order chi connectivity index (χ1) is 4.84. The molecule has 0 saturated heterocycles. The molecule has 0 aromatic carbocycles. The molecule has 0 spiro atoms. The number of rotatable bonds is 0. The van der Waals surface area contributed by atoms with Crippen molar-refractivity contribution in [2.24, 2.45) is 0 Å². The van der Waals surface area contributed by atoms with E-state index >= 15 is 0 Å². The van der Waals surface area contributed by atoms with Gasteiger partial charge in [0, 0.05) is 4.88 Å². The second-order valence-corrected chi connectivity index (χ2v) is 2.43. The molecule has 1 heterocycles. The Labute approximate surface area is 65.1 Å². The predicted molar refractivity (Wildman–Crippen MR) is 42.9 cm³/mol. The molecule has 0 N–H and O–H groups in total. The predicted octanol–water partition coefficient (Wildman–Crippen LogP) is 2.35. The fourth-order valence-electron chi connectivity index (χ4n) is 0.412. The number of thiazole rings is 1. The summed E-state index contributed by atoms with van der Waals surface area (Å²) >= 11 is 1.50. The molecule has 0 saturated carbocycles.